The number of halogens is 2. The Labute approximate surface area is 263 Å². The van der Waals surface area contributed by atoms with Crippen molar-refractivity contribution in [3.63, 3.8) is 0 Å². The summed E-state index contributed by atoms with van der Waals surface area (Å²) >= 11 is 0. The topological polar surface area (TPSA) is 113 Å². The maximum absolute atomic E-state index is 14.0. The van der Waals surface area contributed by atoms with Gasteiger partial charge < -0.3 is 25.3 Å². The third-order valence-corrected chi connectivity index (χ3v) is 9.60. The zero-order chi connectivity index (χ0) is 31.2. The second-order valence-corrected chi connectivity index (χ2v) is 13.2. The monoisotopic (exact) mass is 624 g/mol. The van der Waals surface area contributed by atoms with Gasteiger partial charge in [0.15, 0.2) is 11.4 Å². The Morgan fingerprint density at radius 1 is 1.11 bits per heavy atom. The standard InChI is InChI=1S/C33H46F2N8O2/c1-42(16-2-3-22-10-13-36-14-11-22)19-24-6-8-26(9-7-24)43-20-27(30(41-43)31(34)35)39-32(44)28-21-45-33(40-28)25-12-15-37-29(17-25)38-18-23-4-5-23/h12,15,17,20-24,26,31,36H,2-11,13-14,16,18-19H2,1H3,(H,37,38)(H,39,44). The number of piperidine rings is 1. The Balaban J connectivity index is 1.00. The lowest BCUT2D eigenvalue weighted by atomic mass is 9.85. The Bertz CT molecular complexity index is 1390. The number of amides is 1. The van der Waals surface area contributed by atoms with Crippen molar-refractivity contribution in [3.8, 4) is 11.5 Å². The van der Waals surface area contributed by atoms with E-state index in [-0.39, 0.29) is 23.3 Å². The second kappa shape index (κ2) is 14.8. The summed E-state index contributed by atoms with van der Waals surface area (Å²) in [5.74, 6) is 2.50. The zero-order valence-electron chi connectivity index (χ0n) is 26.2. The highest BCUT2D eigenvalue weighted by molar-refractivity contribution is 6.03. The van der Waals surface area contributed by atoms with E-state index in [0.29, 0.717) is 23.2 Å². The molecule has 12 heteroatoms. The van der Waals surface area contributed by atoms with Crippen LogP contribution >= 0.6 is 0 Å². The highest BCUT2D eigenvalue weighted by Gasteiger charge is 2.28. The first-order chi connectivity index (χ1) is 21.9. The summed E-state index contributed by atoms with van der Waals surface area (Å²) in [5, 5.41) is 13.6. The number of pyridine rings is 1. The van der Waals surface area contributed by atoms with Crippen molar-refractivity contribution in [2.24, 2.45) is 17.8 Å². The van der Waals surface area contributed by atoms with Crippen LogP contribution in [-0.2, 0) is 0 Å². The number of alkyl halides is 2. The number of nitrogens with zero attached hydrogens (tertiary/aromatic N) is 5. The van der Waals surface area contributed by atoms with Gasteiger partial charge in [-0.1, -0.05) is 0 Å². The van der Waals surface area contributed by atoms with Gasteiger partial charge in [-0.3, -0.25) is 9.48 Å². The molecular formula is C33H46F2N8O2. The number of rotatable bonds is 14. The Morgan fingerprint density at radius 3 is 2.64 bits per heavy atom. The van der Waals surface area contributed by atoms with Gasteiger partial charge in [0.25, 0.3) is 12.3 Å². The largest absolute Gasteiger partial charge is 0.444 e. The molecule has 2 saturated carbocycles. The third kappa shape index (κ3) is 8.66. The van der Waals surface area contributed by atoms with Crippen LogP contribution in [0.2, 0.25) is 0 Å². The normalized spacial score (nSPS) is 21.0. The minimum Gasteiger partial charge on any atom is -0.444 e. The second-order valence-electron chi connectivity index (χ2n) is 13.2. The van der Waals surface area contributed by atoms with Gasteiger partial charge in [0.2, 0.25) is 5.89 Å². The molecule has 1 amide bonds. The van der Waals surface area contributed by atoms with E-state index in [1.54, 1.807) is 23.1 Å². The average molecular weight is 625 g/mol. The van der Waals surface area contributed by atoms with Crippen molar-refractivity contribution >= 4 is 17.4 Å². The zero-order valence-corrected chi connectivity index (χ0v) is 26.2. The molecule has 3 aromatic heterocycles. The fourth-order valence-electron chi connectivity index (χ4n) is 6.72. The van der Waals surface area contributed by atoms with E-state index in [1.165, 1.54) is 44.8 Å². The highest BCUT2D eigenvalue weighted by atomic mass is 19.3. The maximum Gasteiger partial charge on any atom is 0.284 e. The molecule has 2 aliphatic carbocycles. The Morgan fingerprint density at radius 2 is 1.89 bits per heavy atom. The summed E-state index contributed by atoms with van der Waals surface area (Å²) in [6.45, 7) is 5.37. The minimum absolute atomic E-state index is 0.00245. The molecule has 3 aliphatic rings. The Kier molecular flexibility index (Phi) is 10.4. The van der Waals surface area contributed by atoms with Crippen LogP contribution in [0.1, 0.15) is 92.9 Å². The van der Waals surface area contributed by atoms with E-state index in [2.05, 4.69) is 43.0 Å². The SMILES string of the molecule is CN(CCCC1CCNCC1)CC1CCC(n2cc(NC(=O)c3coc(-c4ccnc(NCC5CC5)c4)n3)c(C(F)F)n2)CC1. The van der Waals surface area contributed by atoms with E-state index in [0.717, 1.165) is 64.3 Å². The molecule has 244 valence electrons. The minimum atomic E-state index is -2.82. The fraction of sp³-hybridized carbons (Fsp3) is 0.636. The summed E-state index contributed by atoms with van der Waals surface area (Å²) in [6.07, 6.45) is 13.0. The molecule has 0 aromatic carbocycles. The predicted molar refractivity (Wildman–Crippen MR) is 169 cm³/mol. The molecule has 0 spiro atoms. The van der Waals surface area contributed by atoms with Gasteiger partial charge in [0.05, 0.1) is 11.7 Å². The number of hydrogen-bond donors (Lipinski definition) is 3. The van der Waals surface area contributed by atoms with Crippen LogP contribution in [0.5, 0.6) is 0 Å². The number of oxazole rings is 1. The van der Waals surface area contributed by atoms with E-state index in [4.69, 9.17) is 4.42 Å². The van der Waals surface area contributed by atoms with Crippen LogP contribution in [0, 0.1) is 17.8 Å². The van der Waals surface area contributed by atoms with Crippen molar-refractivity contribution in [2.75, 3.05) is 50.4 Å². The van der Waals surface area contributed by atoms with E-state index >= 15 is 0 Å². The number of anilines is 2. The third-order valence-electron chi connectivity index (χ3n) is 9.60. The molecule has 0 unspecified atom stereocenters. The molecule has 3 N–H and O–H groups in total. The first-order valence-electron chi connectivity index (χ1n) is 16.6. The molecule has 0 radical (unpaired) electrons. The van der Waals surface area contributed by atoms with Crippen LogP contribution in [-0.4, -0.2) is 70.3 Å². The van der Waals surface area contributed by atoms with Crippen LogP contribution in [0.25, 0.3) is 11.5 Å². The number of aromatic nitrogens is 4. The summed E-state index contributed by atoms with van der Waals surface area (Å²) in [5.41, 5.74) is 0.249. The average Bonchev–Trinajstić information content (AvgIpc) is 3.56. The smallest absolute Gasteiger partial charge is 0.284 e. The van der Waals surface area contributed by atoms with E-state index in [9.17, 15) is 13.6 Å². The molecule has 4 heterocycles. The quantitative estimate of drug-likeness (QED) is 0.189. The first-order valence-corrected chi connectivity index (χ1v) is 16.6. The van der Waals surface area contributed by atoms with Crippen molar-refractivity contribution in [1.82, 2.24) is 30.0 Å². The molecule has 3 fully saturated rings. The van der Waals surface area contributed by atoms with Gasteiger partial charge in [0, 0.05) is 31.0 Å². The summed E-state index contributed by atoms with van der Waals surface area (Å²) < 4.78 is 35.2. The molecule has 10 nitrogen and oxygen atoms in total. The van der Waals surface area contributed by atoms with Crippen molar-refractivity contribution in [2.45, 2.75) is 76.7 Å². The van der Waals surface area contributed by atoms with Gasteiger partial charge in [-0.25, -0.2) is 18.7 Å². The van der Waals surface area contributed by atoms with Gasteiger partial charge >= 0.3 is 0 Å². The van der Waals surface area contributed by atoms with Crippen molar-refractivity contribution in [1.29, 1.82) is 0 Å². The maximum atomic E-state index is 14.0. The number of nitrogens with one attached hydrogen (secondary N) is 3. The van der Waals surface area contributed by atoms with Crippen LogP contribution < -0.4 is 16.0 Å². The van der Waals surface area contributed by atoms with Crippen LogP contribution in [0.3, 0.4) is 0 Å². The van der Waals surface area contributed by atoms with Crippen LogP contribution in [0.4, 0.5) is 20.3 Å². The molecule has 0 bridgehead atoms. The summed E-state index contributed by atoms with van der Waals surface area (Å²) in [6, 6.07) is 3.60. The Hall–Kier alpha value is -3.38. The first kappa shape index (κ1) is 31.6. The van der Waals surface area contributed by atoms with Gasteiger partial charge in [0.1, 0.15) is 12.1 Å². The van der Waals surface area contributed by atoms with E-state index in [1.807, 2.05) is 6.07 Å². The van der Waals surface area contributed by atoms with Gasteiger partial charge in [-0.15, -0.1) is 0 Å². The molecule has 1 aliphatic heterocycles. The lowest BCUT2D eigenvalue weighted by molar-refractivity contribution is 0.102. The molecule has 1 saturated heterocycles. The lowest BCUT2D eigenvalue weighted by Gasteiger charge is -2.31. The lowest BCUT2D eigenvalue weighted by Crippen LogP contribution is -2.31. The van der Waals surface area contributed by atoms with Gasteiger partial charge in [-0.05, 0) is 121 Å². The fourth-order valence-corrected chi connectivity index (χ4v) is 6.72. The van der Waals surface area contributed by atoms with Gasteiger partial charge in [-0.2, -0.15) is 5.10 Å². The predicted octanol–water partition coefficient (Wildman–Crippen LogP) is 6.39. The molecule has 6 rings (SSSR count). The number of hydrogen-bond acceptors (Lipinski definition) is 8. The molecule has 0 atom stereocenters. The van der Waals surface area contributed by atoms with E-state index < -0.39 is 18.0 Å². The number of carbonyl (C=O) groups is 1. The number of carbonyl (C=O) groups excluding carboxylic acids is 1. The summed E-state index contributed by atoms with van der Waals surface area (Å²) in [7, 11) is 2.21. The van der Waals surface area contributed by atoms with Crippen LogP contribution in [0.15, 0.2) is 35.2 Å². The van der Waals surface area contributed by atoms with Crippen molar-refractivity contribution < 1.29 is 18.0 Å². The highest BCUT2D eigenvalue weighted by Crippen LogP contribution is 2.35. The van der Waals surface area contributed by atoms with Crippen molar-refractivity contribution in [3.05, 3.63) is 42.2 Å². The summed E-state index contributed by atoms with van der Waals surface area (Å²) in [4.78, 5) is 24.1. The molecule has 3 aromatic rings. The molecular weight excluding hydrogens is 578 g/mol. The molecule has 45 heavy (non-hydrogen) atoms.